The Morgan fingerprint density at radius 3 is 2.57 bits per heavy atom. The summed E-state index contributed by atoms with van der Waals surface area (Å²) in [5, 5.41) is 2.72. The van der Waals surface area contributed by atoms with Crippen LogP contribution in [0.2, 0.25) is 0 Å². The maximum absolute atomic E-state index is 13.6. The van der Waals surface area contributed by atoms with Crippen LogP contribution in [0.4, 0.5) is 20.2 Å². The van der Waals surface area contributed by atoms with Gasteiger partial charge in [-0.2, -0.15) is 0 Å². The molecule has 1 aliphatic heterocycles. The van der Waals surface area contributed by atoms with Crippen LogP contribution < -0.4 is 10.2 Å². The quantitative estimate of drug-likeness (QED) is 0.932. The third-order valence-electron chi connectivity index (χ3n) is 3.99. The summed E-state index contributed by atoms with van der Waals surface area (Å²) in [4.78, 5) is 14.3. The molecule has 0 aromatic heterocycles. The van der Waals surface area contributed by atoms with E-state index in [-0.39, 0.29) is 12.3 Å². The van der Waals surface area contributed by atoms with Gasteiger partial charge in [0.05, 0.1) is 17.8 Å². The fraction of sp³-hybridized carbons (Fsp3) is 0.278. The van der Waals surface area contributed by atoms with Gasteiger partial charge >= 0.3 is 0 Å². The van der Waals surface area contributed by atoms with Crippen molar-refractivity contribution in [1.82, 2.24) is 0 Å². The Bertz CT molecular complexity index is 712. The van der Waals surface area contributed by atoms with E-state index in [1.54, 1.807) is 24.3 Å². The Balaban J connectivity index is 1.77. The van der Waals surface area contributed by atoms with Gasteiger partial charge in [-0.05, 0) is 42.7 Å². The second kappa shape index (κ2) is 6.77. The van der Waals surface area contributed by atoms with Crippen molar-refractivity contribution in [3.8, 4) is 0 Å². The lowest BCUT2D eigenvalue weighted by Gasteiger charge is -2.21. The molecule has 23 heavy (non-hydrogen) atoms. The first-order valence-corrected chi connectivity index (χ1v) is 7.71. The monoisotopic (exact) mass is 316 g/mol. The van der Waals surface area contributed by atoms with Gasteiger partial charge in [-0.15, -0.1) is 0 Å². The molecule has 1 fully saturated rings. The third kappa shape index (κ3) is 3.67. The van der Waals surface area contributed by atoms with Crippen molar-refractivity contribution < 1.29 is 13.6 Å². The van der Waals surface area contributed by atoms with Crippen molar-refractivity contribution in [3.05, 3.63) is 59.7 Å². The number of carbonyl (C=O) groups is 1. The Morgan fingerprint density at radius 2 is 1.83 bits per heavy atom. The second-order valence-corrected chi connectivity index (χ2v) is 5.67. The Hall–Kier alpha value is -2.43. The molecule has 120 valence electrons. The average molecular weight is 316 g/mol. The predicted octanol–water partition coefficient (Wildman–Crippen LogP) is 3.75. The third-order valence-corrected chi connectivity index (χ3v) is 3.99. The molecule has 1 N–H and O–H groups in total. The maximum atomic E-state index is 13.6. The fourth-order valence-corrected chi connectivity index (χ4v) is 2.85. The van der Waals surface area contributed by atoms with E-state index in [0.29, 0.717) is 11.3 Å². The average Bonchev–Trinajstić information content (AvgIpc) is 3.04. The van der Waals surface area contributed by atoms with Gasteiger partial charge in [-0.25, -0.2) is 8.78 Å². The molecule has 1 aliphatic rings. The Morgan fingerprint density at radius 1 is 1.09 bits per heavy atom. The lowest BCUT2D eigenvalue weighted by atomic mass is 10.1. The van der Waals surface area contributed by atoms with E-state index in [1.807, 2.05) is 0 Å². The lowest BCUT2D eigenvalue weighted by molar-refractivity contribution is -0.115. The molecule has 2 aromatic rings. The molecule has 0 bridgehead atoms. The smallest absolute Gasteiger partial charge is 0.228 e. The summed E-state index contributed by atoms with van der Waals surface area (Å²) >= 11 is 0. The molecule has 1 saturated heterocycles. The van der Waals surface area contributed by atoms with Crippen LogP contribution >= 0.6 is 0 Å². The summed E-state index contributed by atoms with van der Waals surface area (Å²) < 4.78 is 27.2. The highest BCUT2D eigenvalue weighted by atomic mass is 19.1. The van der Waals surface area contributed by atoms with Gasteiger partial charge in [0.25, 0.3) is 0 Å². The van der Waals surface area contributed by atoms with Gasteiger partial charge in [0.2, 0.25) is 5.91 Å². The zero-order chi connectivity index (χ0) is 16.2. The Labute approximate surface area is 133 Å². The minimum absolute atomic E-state index is 0.0807. The molecule has 3 rings (SSSR count). The standard InChI is InChI=1S/C18H18F2N2O/c19-14-7-8-17(22-9-3-4-10-22)16(12-14)21-18(23)11-13-5-1-2-6-15(13)20/h1-2,5-8,12H,3-4,9-11H2,(H,21,23). The minimum atomic E-state index is -0.415. The van der Waals surface area contributed by atoms with Crippen molar-refractivity contribution in [2.45, 2.75) is 19.3 Å². The van der Waals surface area contributed by atoms with Gasteiger partial charge in [-0.3, -0.25) is 4.79 Å². The minimum Gasteiger partial charge on any atom is -0.370 e. The van der Waals surface area contributed by atoms with E-state index in [9.17, 15) is 13.6 Å². The van der Waals surface area contributed by atoms with E-state index >= 15 is 0 Å². The van der Waals surface area contributed by atoms with Crippen LogP contribution in [0.25, 0.3) is 0 Å². The summed E-state index contributed by atoms with van der Waals surface area (Å²) in [5.74, 6) is -1.18. The number of benzene rings is 2. The summed E-state index contributed by atoms with van der Waals surface area (Å²) in [6.45, 7) is 1.78. The molecular formula is C18H18F2N2O. The van der Waals surface area contributed by atoms with Gasteiger partial charge in [0, 0.05) is 13.1 Å². The van der Waals surface area contributed by atoms with Gasteiger partial charge < -0.3 is 10.2 Å². The summed E-state index contributed by atoms with van der Waals surface area (Å²) in [6.07, 6.45) is 2.09. The largest absolute Gasteiger partial charge is 0.370 e. The van der Waals surface area contributed by atoms with Crippen LogP contribution in [0.5, 0.6) is 0 Å². The van der Waals surface area contributed by atoms with Crippen molar-refractivity contribution >= 4 is 17.3 Å². The number of halogens is 2. The molecule has 0 atom stereocenters. The van der Waals surface area contributed by atoms with Crippen molar-refractivity contribution in [1.29, 1.82) is 0 Å². The number of hydrogen-bond acceptors (Lipinski definition) is 2. The number of rotatable bonds is 4. The van der Waals surface area contributed by atoms with Crippen LogP contribution in [0.15, 0.2) is 42.5 Å². The highest BCUT2D eigenvalue weighted by Gasteiger charge is 2.18. The zero-order valence-corrected chi connectivity index (χ0v) is 12.7. The van der Waals surface area contributed by atoms with Crippen molar-refractivity contribution in [2.75, 3.05) is 23.3 Å². The van der Waals surface area contributed by atoms with E-state index in [4.69, 9.17) is 0 Å². The molecule has 3 nitrogen and oxygen atoms in total. The first-order chi connectivity index (χ1) is 11.1. The molecule has 5 heteroatoms. The molecule has 0 aliphatic carbocycles. The molecular weight excluding hydrogens is 298 g/mol. The Kier molecular flexibility index (Phi) is 4.55. The van der Waals surface area contributed by atoms with Gasteiger partial charge in [0.15, 0.2) is 0 Å². The lowest BCUT2D eigenvalue weighted by Crippen LogP contribution is -2.22. The number of amides is 1. The number of nitrogens with zero attached hydrogens (tertiary/aromatic N) is 1. The SMILES string of the molecule is O=C(Cc1ccccc1F)Nc1cc(F)ccc1N1CCCC1. The highest BCUT2D eigenvalue weighted by molar-refractivity contribution is 5.95. The number of hydrogen-bond donors (Lipinski definition) is 1. The van der Waals surface area contributed by atoms with Crippen LogP contribution in [-0.4, -0.2) is 19.0 Å². The molecule has 0 radical (unpaired) electrons. The molecule has 1 amide bonds. The van der Waals surface area contributed by atoms with Gasteiger partial charge in [0.1, 0.15) is 11.6 Å². The fourth-order valence-electron chi connectivity index (χ4n) is 2.85. The predicted molar refractivity (Wildman–Crippen MR) is 86.6 cm³/mol. The summed E-state index contributed by atoms with van der Waals surface area (Å²) in [5.41, 5.74) is 1.57. The van der Waals surface area contributed by atoms with E-state index in [0.717, 1.165) is 31.6 Å². The van der Waals surface area contributed by atoms with Crippen LogP contribution in [0, 0.1) is 11.6 Å². The second-order valence-electron chi connectivity index (χ2n) is 5.67. The van der Waals surface area contributed by atoms with Crippen LogP contribution in [0.1, 0.15) is 18.4 Å². The molecule has 0 spiro atoms. The number of nitrogens with one attached hydrogen (secondary N) is 1. The van der Waals surface area contributed by atoms with Crippen LogP contribution in [0.3, 0.4) is 0 Å². The highest BCUT2D eigenvalue weighted by Crippen LogP contribution is 2.29. The van der Waals surface area contributed by atoms with E-state index < -0.39 is 11.6 Å². The normalized spacial score (nSPS) is 14.1. The topological polar surface area (TPSA) is 32.3 Å². The first kappa shape index (κ1) is 15.5. The van der Waals surface area contributed by atoms with Crippen molar-refractivity contribution in [2.24, 2.45) is 0 Å². The first-order valence-electron chi connectivity index (χ1n) is 7.71. The molecule has 2 aromatic carbocycles. The number of carbonyl (C=O) groups excluding carboxylic acids is 1. The van der Waals surface area contributed by atoms with Gasteiger partial charge in [-0.1, -0.05) is 18.2 Å². The van der Waals surface area contributed by atoms with Crippen LogP contribution in [-0.2, 0) is 11.2 Å². The molecule has 0 saturated carbocycles. The summed E-state index contributed by atoms with van der Waals surface area (Å²) in [6, 6.07) is 10.5. The summed E-state index contributed by atoms with van der Waals surface area (Å²) in [7, 11) is 0. The molecule has 1 heterocycles. The number of anilines is 2. The van der Waals surface area contributed by atoms with Crippen molar-refractivity contribution in [3.63, 3.8) is 0 Å². The molecule has 0 unspecified atom stereocenters. The van der Waals surface area contributed by atoms with E-state index in [2.05, 4.69) is 10.2 Å². The maximum Gasteiger partial charge on any atom is 0.228 e. The van der Waals surface area contributed by atoms with E-state index in [1.165, 1.54) is 18.2 Å². The zero-order valence-electron chi connectivity index (χ0n) is 12.7.